The molecule has 2 aliphatic heterocycles. The van der Waals surface area contributed by atoms with Gasteiger partial charge in [0.1, 0.15) is 0 Å². The van der Waals surface area contributed by atoms with Crippen LogP contribution < -0.4 is 5.32 Å². The summed E-state index contributed by atoms with van der Waals surface area (Å²) in [6.07, 6.45) is 0. The number of nitrogens with zero attached hydrogens (tertiary/aromatic N) is 3. The summed E-state index contributed by atoms with van der Waals surface area (Å²) in [7, 11) is 2.12. The van der Waals surface area contributed by atoms with Crippen LogP contribution in [0.1, 0.15) is 20.8 Å². The molecule has 110 valence electrons. The lowest BCUT2D eigenvalue weighted by Crippen LogP contribution is -2.64. The molecule has 1 unspecified atom stereocenters. The molecule has 0 aromatic rings. The minimum Gasteiger partial charge on any atom is -0.336 e. The standard InChI is InChI=1S/C14H28N4O/c1-12-11-16(4)9-10-18(12)13(19)14(2,3)17-7-5-15-6-8-17/h12,15H,5-11H2,1-4H3. The quantitative estimate of drug-likeness (QED) is 0.755. The summed E-state index contributed by atoms with van der Waals surface area (Å²) in [6, 6.07) is 0.313. The van der Waals surface area contributed by atoms with E-state index in [1.54, 1.807) is 0 Å². The second-order valence-electron chi connectivity index (χ2n) is 6.41. The summed E-state index contributed by atoms with van der Waals surface area (Å²) in [4.78, 5) is 19.6. The molecule has 5 nitrogen and oxygen atoms in total. The third-order valence-corrected chi connectivity index (χ3v) is 4.52. The van der Waals surface area contributed by atoms with Crippen LogP contribution >= 0.6 is 0 Å². The Balaban J connectivity index is 2.04. The minimum absolute atomic E-state index is 0.287. The average molecular weight is 268 g/mol. The van der Waals surface area contributed by atoms with Gasteiger partial charge in [-0.1, -0.05) is 0 Å². The molecule has 0 bridgehead atoms. The summed E-state index contributed by atoms with van der Waals surface area (Å²) in [6.45, 7) is 13.0. The van der Waals surface area contributed by atoms with Gasteiger partial charge in [0.15, 0.2) is 0 Å². The van der Waals surface area contributed by atoms with Gasteiger partial charge in [-0.3, -0.25) is 9.69 Å². The third-order valence-electron chi connectivity index (χ3n) is 4.52. The van der Waals surface area contributed by atoms with Crippen LogP contribution in [0.2, 0.25) is 0 Å². The SMILES string of the molecule is CC1CN(C)CCN1C(=O)C(C)(C)N1CCNCC1. The fourth-order valence-corrected chi connectivity index (χ4v) is 3.15. The van der Waals surface area contributed by atoms with E-state index >= 15 is 0 Å². The molecule has 1 amide bonds. The molecule has 19 heavy (non-hydrogen) atoms. The number of hydrogen-bond acceptors (Lipinski definition) is 4. The van der Waals surface area contributed by atoms with Crippen LogP contribution in [0.15, 0.2) is 0 Å². The first-order chi connectivity index (χ1) is 8.93. The molecule has 2 saturated heterocycles. The predicted octanol–water partition coefficient (Wildman–Crippen LogP) is -0.167. The van der Waals surface area contributed by atoms with Gasteiger partial charge in [-0.15, -0.1) is 0 Å². The van der Waals surface area contributed by atoms with Gasteiger partial charge in [-0.05, 0) is 27.8 Å². The van der Waals surface area contributed by atoms with Crippen LogP contribution in [0.3, 0.4) is 0 Å². The molecule has 2 heterocycles. The first-order valence-electron chi connectivity index (χ1n) is 7.38. The zero-order valence-electron chi connectivity index (χ0n) is 12.8. The molecular weight excluding hydrogens is 240 g/mol. The fraction of sp³-hybridized carbons (Fsp3) is 0.929. The van der Waals surface area contributed by atoms with Crippen LogP contribution in [-0.2, 0) is 4.79 Å². The van der Waals surface area contributed by atoms with Gasteiger partial charge in [-0.2, -0.15) is 0 Å². The topological polar surface area (TPSA) is 38.8 Å². The normalized spacial score (nSPS) is 27.6. The maximum absolute atomic E-state index is 12.9. The van der Waals surface area contributed by atoms with Gasteiger partial charge < -0.3 is 15.1 Å². The smallest absolute Gasteiger partial charge is 0.242 e. The molecular formula is C14H28N4O. The van der Waals surface area contributed by atoms with Crippen molar-refractivity contribution in [2.24, 2.45) is 0 Å². The molecule has 0 saturated carbocycles. The summed E-state index contributed by atoms with van der Waals surface area (Å²) in [5.74, 6) is 0.287. The number of likely N-dealkylation sites (N-methyl/N-ethyl adjacent to an activating group) is 1. The van der Waals surface area contributed by atoms with Crippen molar-refractivity contribution in [3.8, 4) is 0 Å². The molecule has 1 atom stereocenters. The Hall–Kier alpha value is -0.650. The Morgan fingerprint density at radius 1 is 1.16 bits per heavy atom. The van der Waals surface area contributed by atoms with Gasteiger partial charge in [0.25, 0.3) is 0 Å². The average Bonchev–Trinajstić information content (AvgIpc) is 2.39. The lowest BCUT2D eigenvalue weighted by atomic mass is 9.97. The highest BCUT2D eigenvalue weighted by Gasteiger charge is 2.40. The predicted molar refractivity (Wildman–Crippen MR) is 77.2 cm³/mol. The molecule has 0 spiro atoms. The zero-order valence-corrected chi connectivity index (χ0v) is 12.8. The molecule has 0 aliphatic carbocycles. The highest BCUT2D eigenvalue weighted by atomic mass is 16.2. The van der Waals surface area contributed by atoms with Gasteiger partial charge in [0.05, 0.1) is 5.54 Å². The van der Waals surface area contributed by atoms with Crippen LogP contribution in [0.5, 0.6) is 0 Å². The van der Waals surface area contributed by atoms with Crippen molar-refractivity contribution < 1.29 is 4.79 Å². The molecule has 0 aromatic carbocycles. The van der Waals surface area contributed by atoms with Crippen molar-refractivity contribution in [3.05, 3.63) is 0 Å². The lowest BCUT2D eigenvalue weighted by molar-refractivity contribution is -0.147. The molecule has 2 rings (SSSR count). The third kappa shape index (κ3) is 3.09. The van der Waals surface area contributed by atoms with E-state index in [-0.39, 0.29) is 11.4 Å². The van der Waals surface area contributed by atoms with Crippen LogP contribution in [-0.4, -0.2) is 85.0 Å². The minimum atomic E-state index is -0.383. The number of piperazine rings is 2. The number of carbonyl (C=O) groups is 1. The first kappa shape index (κ1) is 14.8. The largest absolute Gasteiger partial charge is 0.336 e. The zero-order chi connectivity index (χ0) is 14.0. The first-order valence-corrected chi connectivity index (χ1v) is 7.38. The van der Waals surface area contributed by atoms with Crippen molar-refractivity contribution in [2.75, 3.05) is 52.9 Å². The van der Waals surface area contributed by atoms with Crippen molar-refractivity contribution in [3.63, 3.8) is 0 Å². The van der Waals surface area contributed by atoms with Crippen molar-refractivity contribution in [1.29, 1.82) is 0 Å². The van der Waals surface area contributed by atoms with E-state index in [4.69, 9.17) is 0 Å². The Morgan fingerprint density at radius 3 is 2.37 bits per heavy atom. The van der Waals surface area contributed by atoms with E-state index in [1.165, 1.54) is 0 Å². The molecule has 5 heteroatoms. The van der Waals surface area contributed by atoms with E-state index < -0.39 is 0 Å². The number of carbonyl (C=O) groups excluding carboxylic acids is 1. The van der Waals surface area contributed by atoms with Crippen LogP contribution in [0.4, 0.5) is 0 Å². The molecule has 2 fully saturated rings. The van der Waals surface area contributed by atoms with Crippen LogP contribution in [0.25, 0.3) is 0 Å². The van der Waals surface area contributed by atoms with Crippen molar-refractivity contribution >= 4 is 5.91 Å². The lowest BCUT2D eigenvalue weighted by Gasteiger charge is -2.46. The summed E-state index contributed by atoms with van der Waals surface area (Å²) in [5.41, 5.74) is -0.383. The van der Waals surface area contributed by atoms with Gasteiger partial charge in [-0.25, -0.2) is 0 Å². The fourth-order valence-electron chi connectivity index (χ4n) is 3.15. The molecule has 0 aromatic heterocycles. The Labute approximate surface area is 116 Å². The van der Waals surface area contributed by atoms with Crippen molar-refractivity contribution in [1.82, 2.24) is 20.0 Å². The van der Waals surface area contributed by atoms with Gasteiger partial charge in [0.2, 0.25) is 5.91 Å². The summed E-state index contributed by atoms with van der Waals surface area (Å²) >= 11 is 0. The second-order valence-corrected chi connectivity index (χ2v) is 6.41. The van der Waals surface area contributed by atoms with E-state index in [0.717, 1.165) is 45.8 Å². The molecule has 2 aliphatic rings. The van der Waals surface area contributed by atoms with Gasteiger partial charge >= 0.3 is 0 Å². The van der Waals surface area contributed by atoms with E-state index in [9.17, 15) is 4.79 Å². The Bertz CT molecular complexity index is 325. The summed E-state index contributed by atoms with van der Waals surface area (Å²) < 4.78 is 0. The maximum atomic E-state index is 12.9. The monoisotopic (exact) mass is 268 g/mol. The highest BCUT2D eigenvalue weighted by Crippen LogP contribution is 2.21. The Morgan fingerprint density at radius 2 is 1.79 bits per heavy atom. The summed E-state index contributed by atoms with van der Waals surface area (Å²) in [5, 5.41) is 3.35. The second kappa shape index (κ2) is 5.77. The van der Waals surface area contributed by atoms with E-state index in [2.05, 4.69) is 47.8 Å². The molecule has 1 N–H and O–H groups in total. The van der Waals surface area contributed by atoms with E-state index in [0.29, 0.717) is 6.04 Å². The molecule has 0 radical (unpaired) electrons. The number of rotatable bonds is 2. The van der Waals surface area contributed by atoms with Gasteiger partial charge in [0, 0.05) is 51.9 Å². The number of hydrogen-bond donors (Lipinski definition) is 1. The maximum Gasteiger partial charge on any atom is 0.242 e. The highest BCUT2D eigenvalue weighted by molar-refractivity contribution is 5.86. The Kier molecular flexibility index (Phi) is 4.48. The number of nitrogens with one attached hydrogen (secondary N) is 1. The van der Waals surface area contributed by atoms with Crippen LogP contribution in [0, 0.1) is 0 Å². The van der Waals surface area contributed by atoms with E-state index in [1.807, 2.05) is 0 Å². The van der Waals surface area contributed by atoms with Crippen molar-refractivity contribution in [2.45, 2.75) is 32.4 Å². The number of amides is 1.